The number of carboxylic acid groups (broad SMARTS) is 3. The van der Waals surface area contributed by atoms with Crippen LogP contribution in [0.2, 0.25) is 0 Å². The molecule has 3 heterocycles. The quantitative estimate of drug-likeness (QED) is 0.0269. The molecule has 0 radical (unpaired) electrons. The van der Waals surface area contributed by atoms with Gasteiger partial charge in [0.05, 0.1) is 62.7 Å². The molecule has 3 rings (SSSR count). The van der Waals surface area contributed by atoms with E-state index in [0.717, 1.165) is 23.2 Å². The molecule has 50 heteroatoms. The van der Waals surface area contributed by atoms with Gasteiger partial charge >= 0.3 is 17.9 Å². The number of aliphatic hydroxyl groups excluding tert-OH is 5. The molecule has 0 spiro atoms. The number of carboxylic acids is 3. The van der Waals surface area contributed by atoms with Crippen molar-refractivity contribution in [1.82, 2.24) is 79.0 Å². The van der Waals surface area contributed by atoms with Crippen molar-refractivity contribution < 1.29 is 141 Å². The molecule has 2 aliphatic rings. The molecular weight excluding hydrogens is 1570 g/mol. The molecule has 17 atom stereocenters. The lowest BCUT2D eigenvalue weighted by molar-refractivity contribution is -0.310. The molecule has 1 aromatic rings. The highest BCUT2D eigenvalue weighted by molar-refractivity contribution is 7.07. The number of aliphatic carboxylic acids is 3. The Labute approximate surface area is 666 Å². The van der Waals surface area contributed by atoms with Gasteiger partial charge in [0.2, 0.25) is 94.5 Å². The van der Waals surface area contributed by atoms with Crippen LogP contribution >= 0.6 is 11.3 Å². The number of hydrogen-bond acceptors (Lipinski definition) is 31. The van der Waals surface area contributed by atoms with E-state index in [1.54, 1.807) is 0 Å². The normalized spacial score (nSPS) is 19.2. The minimum absolute atomic E-state index is 0.0223. The summed E-state index contributed by atoms with van der Waals surface area (Å²) < 4.78 is 11.2. The molecule has 0 unspecified atom stereocenters. The second-order valence-corrected chi connectivity index (χ2v) is 27.6. The summed E-state index contributed by atoms with van der Waals surface area (Å²) in [4.78, 5) is 253. The fourth-order valence-electron chi connectivity index (χ4n) is 11.4. The molecule has 1 aromatic heterocycles. The molecule has 116 heavy (non-hydrogen) atoms. The summed E-state index contributed by atoms with van der Waals surface area (Å²) in [5, 5.41) is 111. The minimum atomic E-state index is -1.93. The van der Waals surface area contributed by atoms with Crippen molar-refractivity contribution in [2.75, 3.05) is 59.0 Å². The number of carbonyl (C=O) groups excluding carboxylic acids is 16. The zero-order valence-electron chi connectivity index (χ0n) is 63.5. The lowest BCUT2D eigenvalue weighted by Crippen LogP contribution is -2.60. The Hall–Kier alpha value is -10.8. The van der Waals surface area contributed by atoms with Crippen molar-refractivity contribution in [3.63, 3.8) is 0 Å². The summed E-state index contributed by atoms with van der Waals surface area (Å²) in [5.41, 5.74) is 29.2. The topological polar surface area (TPSA) is 807 Å². The van der Waals surface area contributed by atoms with Gasteiger partial charge < -0.3 is 153 Å². The summed E-state index contributed by atoms with van der Waals surface area (Å²) >= 11 is 1.09. The molecule has 2 aliphatic heterocycles. The molecule has 650 valence electrons. The number of thiazole rings is 1. The third-order valence-corrected chi connectivity index (χ3v) is 18.4. The van der Waals surface area contributed by atoms with Crippen LogP contribution in [0.4, 0.5) is 0 Å². The first-order chi connectivity index (χ1) is 54.7. The molecule has 0 aromatic carbocycles. The highest BCUT2D eigenvalue weighted by Crippen LogP contribution is 2.25. The zero-order chi connectivity index (χ0) is 87.1. The van der Waals surface area contributed by atoms with Gasteiger partial charge in [0.15, 0.2) is 12.3 Å². The second kappa shape index (κ2) is 51.2. The summed E-state index contributed by atoms with van der Waals surface area (Å²) in [6.07, 6.45) is -16.7. The number of aromatic nitrogens is 1. The lowest BCUT2D eigenvalue weighted by atomic mass is 9.99. The van der Waals surface area contributed by atoms with Gasteiger partial charge in [-0.2, -0.15) is 0 Å². The smallest absolute Gasteiger partial charge is 0.328 e. The van der Waals surface area contributed by atoms with Crippen molar-refractivity contribution in [3.05, 3.63) is 16.6 Å². The third kappa shape index (κ3) is 35.5. The largest absolute Gasteiger partial charge is 0.481 e. The minimum Gasteiger partial charge on any atom is -0.481 e. The molecular formula is C66H106N20O29S. The van der Waals surface area contributed by atoms with Crippen molar-refractivity contribution >= 4 is 124 Å². The Morgan fingerprint density at radius 1 is 0.543 bits per heavy atom. The van der Waals surface area contributed by atoms with Crippen LogP contribution in [0.25, 0.3) is 0 Å². The summed E-state index contributed by atoms with van der Waals surface area (Å²) in [6, 6.07) is -16.0. The molecule has 31 N–H and O–H groups in total. The van der Waals surface area contributed by atoms with Crippen LogP contribution in [0.3, 0.4) is 0 Å². The van der Waals surface area contributed by atoms with Gasteiger partial charge in [-0.3, -0.25) is 86.3 Å². The van der Waals surface area contributed by atoms with E-state index in [0.29, 0.717) is 6.42 Å². The van der Waals surface area contributed by atoms with E-state index in [1.807, 2.05) is 5.32 Å². The number of hydrogen-bond donors (Lipinski definition) is 26. The summed E-state index contributed by atoms with van der Waals surface area (Å²) in [7, 11) is 0. The molecule has 2 fully saturated rings. The Morgan fingerprint density at radius 3 is 1.48 bits per heavy atom. The number of nitrogens with two attached hydrogens (primary N) is 5. The van der Waals surface area contributed by atoms with Gasteiger partial charge in [0.25, 0.3) is 0 Å². The van der Waals surface area contributed by atoms with Crippen LogP contribution in [-0.4, -0.2) is 325 Å². The van der Waals surface area contributed by atoms with Gasteiger partial charge in [-0.15, -0.1) is 11.3 Å². The molecule has 0 bridgehead atoms. The highest BCUT2D eigenvalue weighted by Gasteiger charge is 2.45. The van der Waals surface area contributed by atoms with Gasteiger partial charge in [0.1, 0.15) is 78.8 Å². The number of nitrogens with zero attached hydrogens (tertiary/aromatic N) is 2. The Balaban J connectivity index is 1.84. The number of aliphatic hydroxyl groups is 5. The second-order valence-electron chi connectivity index (χ2n) is 26.9. The number of primary amides is 2. The fourth-order valence-corrected chi connectivity index (χ4v) is 12.0. The van der Waals surface area contributed by atoms with E-state index in [2.05, 4.69) is 68.8 Å². The summed E-state index contributed by atoms with van der Waals surface area (Å²) in [6.45, 7) is -3.12. The first-order valence-electron chi connectivity index (χ1n) is 36.7. The Bertz CT molecular complexity index is 3560. The van der Waals surface area contributed by atoms with E-state index >= 15 is 0 Å². The third-order valence-electron chi connectivity index (χ3n) is 17.8. The first-order valence-corrected chi connectivity index (χ1v) is 37.6. The predicted molar refractivity (Wildman–Crippen MR) is 394 cm³/mol. The van der Waals surface area contributed by atoms with Gasteiger partial charge in [-0.1, -0.05) is 0 Å². The van der Waals surface area contributed by atoms with Crippen LogP contribution in [0.1, 0.15) is 116 Å². The lowest BCUT2D eigenvalue weighted by Gasteiger charge is -2.40. The fraction of sp³-hybridized carbons (Fsp3) is 0.667. The zero-order valence-corrected chi connectivity index (χ0v) is 64.3. The number of ether oxygens (including phenoxy) is 2. The van der Waals surface area contributed by atoms with E-state index in [9.17, 15) is 132 Å². The molecule has 2 saturated heterocycles. The van der Waals surface area contributed by atoms with Crippen LogP contribution in [-0.2, 0) is 107 Å². The van der Waals surface area contributed by atoms with E-state index < -0.39 is 307 Å². The number of carbonyl (C=O) groups is 19. The SMILES string of the molecule is C[C@H](NC(=O)[C@H](CCC(N)=O)NC(=O)CN)C(=O)NCC(=O)N[C@@H](Cc1cscn1)C(=O)N[C@@H](CC[C@H](CN)O[C@@H]1O[C@H](CO)[C@H](O)[C@H](O)[C@H]1O)C(=O)NCC(=O)N[C@@H](CCC(=O)O)C(=O)N[C@@H](CCC(N)=O)C(=O)NCC(=O)N1CCC[C@H]1C(=O)N[C@@H](CCCCN)C(=O)NCC(=O)N[C@@H](CCC(=O)O)C(=O)N[C@H](C(=O)O)[C@@H](C)O. The van der Waals surface area contributed by atoms with E-state index in [4.69, 9.17) is 38.1 Å². The number of nitrogens with one attached hydrogen (secondary N) is 13. The summed E-state index contributed by atoms with van der Waals surface area (Å²) in [5.74, 6) is -20.9. The van der Waals surface area contributed by atoms with Gasteiger partial charge in [-0.25, -0.2) is 9.78 Å². The highest BCUT2D eigenvalue weighted by atomic mass is 32.1. The van der Waals surface area contributed by atoms with Crippen molar-refractivity contribution in [1.29, 1.82) is 0 Å². The number of unbranched alkanes of at least 4 members (excludes halogenated alkanes) is 1. The Kier molecular flexibility index (Phi) is 43.8. The predicted octanol–water partition coefficient (Wildman–Crippen LogP) is -13.7. The molecule has 0 saturated carbocycles. The number of rotatable bonds is 54. The average Bonchev–Trinajstić information content (AvgIpc) is 1.18. The van der Waals surface area contributed by atoms with Gasteiger partial charge in [-0.05, 0) is 91.0 Å². The van der Waals surface area contributed by atoms with Crippen molar-refractivity contribution in [3.8, 4) is 0 Å². The maximum absolute atomic E-state index is 14.4. The molecule has 49 nitrogen and oxygen atoms in total. The van der Waals surface area contributed by atoms with Crippen molar-refractivity contribution in [2.45, 2.75) is 220 Å². The number of amides is 16. The maximum Gasteiger partial charge on any atom is 0.328 e. The maximum atomic E-state index is 14.4. The van der Waals surface area contributed by atoms with Crippen LogP contribution in [0.15, 0.2) is 10.9 Å². The van der Waals surface area contributed by atoms with Crippen molar-refractivity contribution in [2.24, 2.45) is 28.7 Å². The van der Waals surface area contributed by atoms with Crippen LogP contribution in [0.5, 0.6) is 0 Å². The van der Waals surface area contributed by atoms with Gasteiger partial charge in [0, 0.05) is 50.6 Å². The Morgan fingerprint density at radius 2 is 1.01 bits per heavy atom. The van der Waals surface area contributed by atoms with E-state index in [1.165, 1.54) is 17.8 Å². The van der Waals surface area contributed by atoms with Crippen LogP contribution in [0, 0.1) is 0 Å². The number of likely N-dealkylation sites (tertiary alicyclic amines) is 1. The average molecular weight is 1680 g/mol. The standard InChI is InChI=1S/C66H106N20O29S/c1-30(77-60(107)37(11-15-44(71)90)78-45(91)22-69)56(103)72-23-48(94)81-40(20-32-28-116-29-76-32)63(110)83-35(9-8-33(21-68)114-66-55(102)54(101)53(100)42(27-87)115-66)58(105)74-25-46(92)79-38(12-16-50(96)97)61(108)82-36(10-14-43(70)89)59(106)75-26-49(95)86-19-5-7-41(86)64(111)84-34(6-3-4-18-67)57(104)73-24-47(93)80-39(13-17-51(98)99)62(109)85-52(31(2)88)65(112)113/h28-31,33-42,52-55,66,87-88,100-102H,3-27,67-69H2,1-2H3,(H2,70,89)(H2,71,90)(H,72,103)(H,73,104)(H,74,105)(H,75,106)(H,77,107)(H,78,91)(H,79,92)(H,80,93)(H,81,94)(H,82,108)(H,83,110)(H,84,111)(H,85,109)(H,96,97)(H,98,99)(H,112,113)/t30-,31+,33+,34-,35-,36-,37-,38-,39-,40-,41-,42+,52-,53-,54-,55+,66+/m0/s1. The molecule has 16 amide bonds. The monoisotopic (exact) mass is 1670 g/mol. The first kappa shape index (κ1) is 99.4. The van der Waals surface area contributed by atoms with Crippen LogP contribution < -0.4 is 97.8 Å². The molecule has 0 aliphatic carbocycles. The van der Waals surface area contributed by atoms with E-state index in [-0.39, 0.29) is 70.2 Å².